The first kappa shape index (κ1) is 8.00. The molecule has 0 fully saturated rings. The first-order valence-electron chi connectivity index (χ1n) is 3.92. The van der Waals surface area contributed by atoms with Crippen LogP contribution in [0, 0.1) is 0 Å². The van der Waals surface area contributed by atoms with Gasteiger partial charge in [0.15, 0.2) is 0 Å². The van der Waals surface area contributed by atoms with Gasteiger partial charge in [-0.25, -0.2) is 4.98 Å². The molecule has 13 heavy (non-hydrogen) atoms. The molecule has 2 rings (SSSR count). The molecule has 0 aromatic carbocycles. The summed E-state index contributed by atoms with van der Waals surface area (Å²) in [6.07, 6.45) is 5.97. The minimum atomic E-state index is -0.694. The smallest absolute Gasteiger partial charge is 0.126 e. The molecule has 68 valence electrons. The number of aryl methyl sites for hydroxylation is 1. The predicted octanol–water partition coefficient (Wildman–Crippen LogP) is 0.225. The lowest BCUT2D eigenvalue weighted by Crippen LogP contribution is -1.98. The first-order chi connectivity index (χ1) is 6.27. The summed E-state index contributed by atoms with van der Waals surface area (Å²) in [5.74, 6) is 0. The molecular weight excluding hydrogens is 168 g/mol. The number of hydrogen-bond acceptors (Lipinski definition) is 3. The molecule has 0 aliphatic heterocycles. The van der Waals surface area contributed by atoms with Gasteiger partial charge in [-0.15, -0.1) is 0 Å². The lowest BCUT2D eigenvalue weighted by atomic mass is 10.1. The average molecular weight is 178 g/mol. The summed E-state index contributed by atoms with van der Waals surface area (Å²) >= 11 is 0. The first-order valence-corrected chi connectivity index (χ1v) is 3.92. The van der Waals surface area contributed by atoms with Crippen molar-refractivity contribution in [2.24, 2.45) is 7.05 Å². The Labute approximate surface area is 75.0 Å². The lowest BCUT2D eigenvalue weighted by Gasteiger charge is -2.02. The van der Waals surface area contributed by atoms with Crippen molar-refractivity contribution in [3.8, 4) is 0 Å². The van der Waals surface area contributed by atoms with E-state index >= 15 is 0 Å². The van der Waals surface area contributed by atoms with Gasteiger partial charge in [-0.05, 0) is 0 Å². The molecule has 5 nitrogen and oxygen atoms in total. The van der Waals surface area contributed by atoms with E-state index in [0.717, 1.165) is 5.56 Å². The summed E-state index contributed by atoms with van der Waals surface area (Å²) in [4.78, 5) is 4.04. The summed E-state index contributed by atoms with van der Waals surface area (Å²) in [6, 6.07) is 0. The van der Waals surface area contributed by atoms with E-state index in [2.05, 4.69) is 15.2 Å². The van der Waals surface area contributed by atoms with Gasteiger partial charge in [-0.1, -0.05) is 0 Å². The van der Waals surface area contributed by atoms with Gasteiger partial charge in [0.05, 0.1) is 18.2 Å². The van der Waals surface area contributed by atoms with Crippen molar-refractivity contribution in [3.63, 3.8) is 0 Å². The number of imidazole rings is 1. The van der Waals surface area contributed by atoms with E-state index in [1.165, 1.54) is 0 Å². The summed E-state index contributed by atoms with van der Waals surface area (Å²) in [5.41, 5.74) is 1.35. The molecule has 1 atom stereocenters. The van der Waals surface area contributed by atoms with Crippen LogP contribution in [0.1, 0.15) is 17.4 Å². The minimum Gasteiger partial charge on any atom is -0.382 e. The molecule has 0 radical (unpaired) electrons. The van der Waals surface area contributed by atoms with Crippen LogP contribution in [0.25, 0.3) is 0 Å². The average Bonchev–Trinajstić information content (AvgIpc) is 2.72. The van der Waals surface area contributed by atoms with Crippen LogP contribution in [0.5, 0.6) is 0 Å². The van der Waals surface area contributed by atoms with Gasteiger partial charge >= 0.3 is 0 Å². The number of nitrogens with zero attached hydrogens (tertiary/aromatic N) is 3. The van der Waals surface area contributed by atoms with Crippen LogP contribution >= 0.6 is 0 Å². The molecule has 0 saturated carbocycles. The lowest BCUT2D eigenvalue weighted by molar-refractivity contribution is 0.216. The zero-order valence-corrected chi connectivity index (χ0v) is 7.18. The van der Waals surface area contributed by atoms with E-state index in [1.54, 1.807) is 29.5 Å². The number of H-pyrrole nitrogens is 1. The molecule has 0 spiro atoms. The monoisotopic (exact) mass is 178 g/mol. The summed E-state index contributed by atoms with van der Waals surface area (Å²) < 4.78 is 1.79. The molecule has 0 aliphatic rings. The maximum atomic E-state index is 9.76. The van der Waals surface area contributed by atoms with Crippen LogP contribution in [-0.2, 0) is 7.05 Å². The van der Waals surface area contributed by atoms with Gasteiger partial charge in [-0.2, -0.15) is 5.10 Å². The van der Waals surface area contributed by atoms with Crippen molar-refractivity contribution < 1.29 is 5.11 Å². The Morgan fingerprint density at radius 3 is 3.00 bits per heavy atom. The van der Waals surface area contributed by atoms with Crippen LogP contribution < -0.4 is 0 Å². The van der Waals surface area contributed by atoms with Crippen LogP contribution in [-0.4, -0.2) is 24.9 Å². The maximum absolute atomic E-state index is 9.76. The number of aliphatic hydroxyl groups is 1. The van der Waals surface area contributed by atoms with Crippen LogP contribution in [0.15, 0.2) is 24.9 Å². The molecule has 2 aromatic rings. The Balaban J connectivity index is 2.28. The van der Waals surface area contributed by atoms with E-state index in [4.69, 9.17) is 0 Å². The highest BCUT2D eigenvalue weighted by molar-refractivity contribution is 5.18. The van der Waals surface area contributed by atoms with Crippen molar-refractivity contribution in [2.75, 3.05) is 0 Å². The maximum Gasteiger partial charge on any atom is 0.126 e. The minimum absolute atomic E-state index is 0.629. The van der Waals surface area contributed by atoms with E-state index < -0.39 is 6.10 Å². The van der Waals surface area contributed by atoms with Crippen LogP contribution in [0.4, 0.5) is 0 Å². The number of aliphatic hydroxyl groups excluding tert-OH is 1. The van der Waals surface area contributed by atoms with Gasteiger partial charge in [-0.3, -0.25) is 5.10 Å². The molecule has 0 amide bonds. The predicted molar refractivity (Wildman–Crippen MR) is 45.9 cm³/mol. The Hall–Kier alpha value is -1.62. The number of nitrogens with one attached hydrogen (secondary N) is 1. The van der Waals surface area contributed by atoms with Crippen molar-refractivity contribution in [2.45, 2.75) is 6.10 Å². The molecule has 1 unspecified atom stereocenters. The molecule has 2 N–H and O–H groups in total. The van der Waals surface area contributed by atoms with Crippen molar-refractivity contribution in [3.05, 3.63) is 36.2 Å². The van der Waals surface area contributed by atoms with E-state index in [-0.39, 0.29) is 0 Å². The Morgan fingerprint density at radius 2 is 2.46 bits per heavy atom. The van der Waals surface area contributed by atoms with Crippen molar-refractivity contribution in [1.82, 2.24) is 19.7 Å². The second kappa shape index (κ2) is 3.02. The topological polar surface area (TPSA) is 66.7 Å². The van der Waals surface area contributed by atoms with Gasteiger partial charge in [0, 0.05) is 25.0 Å². The number of hydrogen-bond donors (Lipinski definition) is 2. The Morgan fingerprint density at radius 1 is 1.62 bits per heavy atom. The Bertz CT molecular complexity index is 379. The second-order valence-corrected chi connectivity index (χ2v) is 2.90. The Kier molecular flexibility index (Phi) is 1.86. The highest BCUT2D eigenvalue weighted by atomic mass is 16.3. The number of aromatic amines is 1. The highest BCUT2D eigenvalue weighted by Crippen LogP contribution is 2.17. The van der Waals surface area contributed by atoms with Gasteiger partial charge in [0.25, 0.3) is 0 Å². The van der Waals surface area contributed by atoms with Gasteiger partial charge in [0.2, 0.25) is 0 Å². The molecule has 2 aromatic heterocycles. The van der Waals surface area contributed by atoms with E-state index in [9.17, 15) is 5.11 Å². The van der Waals surface area contributed by atoms with Gasteiger partial charge < -0.3 is 9.67 Å². The number of aromatic nitrogens is 4. The zero-order valence-electron chi connectivity index (χ0n) is 7.18. The number of rotatable bonds is 2. The molecule has 2 heterocycles. The van der Waals surface area contributed by atoms with Gasteiger partial charge in [0.1, 0.15) is 6.10 Å². The molecule has 0 aliphatic carbocycles. The zero-order chi connectivity index (χ0) is 9.26. The fourth-order valence-electron chi connectivity index (χ4n) is 1.16. The van der Waals surface area contributed by atoms with Crippen molar-refractivity contribution in [1.29, 1.82) is 0 Å². The summed E-state index contributed by atoms with van der Waals surface area (Å²) in [5, 5.41) is 16.2. The highest BCUT2D eigenvalue weighted by Gasteiger charge is 2.13. The second-order valence-electron chi connectivity index (χ2n) is 2.90. The quantitative estimate of drug-likeness (QED) is 0.691. The van der Waals surface area contributed by atoms with Crippen LogP contribution in [0.2, 0.25) is 0 Å². The summed E-state index contributed by atoms with van der Waals surface area (Å²) in [6.45, 7) is 0. The molecular formula is C8H10N4O. The largest absolute Gasteiger partial charge is 0.382 e. The molecule has 0 saturated heterocycles. The third-order valence-corrected chi connectivity index (χ3v) is 1.84. The van der Waals surface area contributed by atoms with E-state index in [1.807, 2.05) is 7.05 Å². The SMILES string of the molecule is Cn1cnc(C(O)c2cn[nH]c2)c1. The fraction of sp³-hybridized carbons (Fsp3) is 0.250. The van der Waals surface area contributed by atoms with Crippen molar-refractivity contribution >= 4 is 0 Å². The standard InChI is InChI=1S/C8H10N4O/c1-12-4-7(9-5-12)8(13)6-2-10-11-3-6/h2-5,8,13H,1H3,(H,10,11). The third-order valence-electron chi connectivity index (χ3n) is 1.84. The third kappa shape index (κ3) is 1.46. The normalized spacial score (nSPS) is 13.1. The molecule has 5 heteroatoms. The summed E-state index contributed by atoms with van der Waals surface area (Å²) in [7, 11) is 1.86. The van der Waals surface area contributed by atoms with E-state index in [0.29, 0.717) is 5.69 Å². The van der Waals surface area contributed by atoms with Crippen LogP contribution in [0.3, 0.4) is 0 Å². The fourth-order valence-corrected chi connectivity index (χ4v) is 1.16. The molecule has 0 bridgehead atoms.